The van der Waals surface area contributed by atoms with E-state index < -0.39 is 0 Å². The molecule has 32 heavy (non-hydrogen) atoms. The van der Waals surface area contributed by atoms with Gasteiger partial charge in [-0.25, -0.2) is 4.90 Å². The fourth-order valence-corrected chi connectivity index (χ4v) is 3.66. The lowest BCUT2D eigenvalue weighted by Crippen LogP contribution is -2.34. The van der Waals surface area contributed by atoms with Crippen LogP contribution >= 0.6 is 0 Å². The van der Waals surface area contributed by atoms with Crippen LogP contribution in [0, 0.1) is 5.92 Å². The van der Waals surface area contributed by atoms with E-state index >= 15 is 0 Å². The van der Waals surface area contributed by atoms with E-state index in [1.54, 1.807) is 29.2 Å². The Labute approximate surface area is 188 Å². The van der Waals surface area contributed by atoms with Crippen molar-refractivity contribution in [3.05, 3.63) is 96.2 Å². The molecule has 5 heteroatoms. The first-order valence-electron chi connectivity index (χ1n) is 10.7. The molecule has 0 atom stereocenters. The van der Waals surface area contributed by atoms with Crippen LogP contribution in [0.15, 0.2) is 90.6 Å². The number of anilines is 2. The van der Waals surface area contributed by atoms with E-state index in [4.69, 9.17) is 4.74 Å². The summed E-state index contributed by atoms with van der Waals surface area (Å²) in [5.41, 5.74) is 2.80. The summed E-state index contributed by atoms with van der Waals surface area (Å²) < 4.78 is 5.74. The van der Waals surface area contributed by atoms with E-state index in [1.807, 2.05) is 67.7 Å². The van der Waals surface area contributed by atoms with Gasteiger partial charge in [0.15, 0.2) is 0 Å². The molecule has 0 N–H and O–H groups in total. The van der Waals surface area contributed by atoms with Crippen LogP contribution in [-0.2, 0) is 9.59 Å². The third kappa shape index (κ3) is 4.14. The van der Waals surface area contributed by atoms with Gasteiger partial charge in [0, 0.05) is 12.7 Å². The molecule has 1 aliphatic rings. The molecule has 0 radical (unpaired) electrons. The van der Waals surface area contributed by atoms with Gasteiger partial charge >= 0.3 is 0 Å². The number of para-hydroxylation sites is 1. The third-order valence-corrected chi connectivity index (χ3v) is 5.28. The van der Waals surface area contributed by atoms with Crippen LogP contribution in [0.5, 0.6) is 5.75 Å². The topological polar surface area (TPSA) is 49.9 Å². The summed E-state index contributed by atoms with van der Waals surface area (Å²) >= 11 is 0. The number of ether oxygens (including phenoxy) is 1. The van der Waals surface area contributed by atoms with Crippen molar-refractivity contribution in [2.45, 2.75) is 13.8 Å². The van der Waals surface area contributed by atoms with Crippen molar-refractivity contribution >= 4 is 28.8 Å². The lowest BCUT2D eigenvalue weighted by atomic mass is 10.0. The molecule has 0 saturated heterocycles. The van der Waals surface area contributed by atoms with Gasteiger partial charge in [-0.1, -0.05) is 62.4 Å². The Morgan fingerprint density at radius 1 is 0.812 bits per heavy atom. The Morgan fingerprint density at radius 2 is 1.41 bits per heavy atom. The van der Waals surface area contributed by atoms with Crippen molar-refractivity contribution < 1.29 is 14.3 Å². The highest BCUT2D eigenvalue weighted by Crippen LogP contribution is 2.36. The standard InChI is InChI=1S/C27H26N2O3/c1-19(2)18-32-23-16-14-22(15-17-23)29-26(30)24(20-10-6-4-7-11-20)25(27(29)31)28(3)21-12-8-5-9-13-21/h4-17,19H,18H2,1-3H3. The second-order valence-electron chi connectivity index (χ2n) is 8.13. The number of benzene rings is 3. The number of hydrogen-bond acceptors (Lipinski definition) is 4. The smallest absolute Gasteiger partial charge is 0.282 e. The average Bonchev–Trinajstić information content (AvgIpc) is 3.08. The highest BCUT2D eigenvalue weighted by Gasteiger charge is 2.42. The molecular weight excluding hydrogens is 400 g/mol. The molecule has 2 amide bonds. The molecule has 0 fully saturated rings. The molecule has 0 spiro atoms. The number of imide groups is 1. The van der Waals surface area contributed by atoms with Gasteiger partial charge in [-0.3, -0.25) is 9.59 Å². The lowest BCUT2D eigenvalue weighted by molar-refractivity contribution is -0.120. The predicted octanol–water partition coefficient (Wildman–Crippen LogP) is 5.14. The molecule has 0 aliphatic carbocycles. The maximum atomic E-state index is 13.6. The zero-order valence-electron chi connectivity index (χ0n) is 18.5. The maximum absolute atomic E-state index is 13.6. The van der Waals surface area contributed by atoms with Crippen LogP contribution in [0.1, 0.15) is 19.4 Å². The molecule has 0 aromatic heterocycles. The maximum Gasteiger partial charge on any atom is 0.282 e. The minimum absolute atomic E-state index is 0.338. The summed E-state index contributed by atoms with van der Waals surface area (Å²) in [5.74, 6) is 0.426. The minimum Gasteiger partial charge on any atom is -0.493 e. The van der Waals surface area contributed by atoms with E-state index in [0.717, 1.165) is 5.69 Å². The number of hydrogen-bond donors (Lipinski definition) is 0. The van der Waals surface area contributed by atoms with E-state index in [1.165, 1.54) is 4.90 Å². The minimum atomic E-state index is -0.351. The lowest BCUT2D eigenvalue weighted by Gasteiger charge is -2.21. The van der Waals surface area contributed by atoms with Crippen LogP contribution in [0.2, 0.25) is 0 Å². The number of carbonyl (C=O) groups is 2. The number of carbonyl (C=O) groups excluding carboxylic acids is 2. The summed E-state index contributed by atoms with van der Waals surface area (Å²) in [6, 6.07) is 26.0. The fourth-order valence-electron chi connectivity index (χ4n) is 3.66. The van der Waals surface area contributed by atoms with E-state index in [2.05, 4.69) is 13.8 Å². The highest BCUT2D eigenvalue weighted by atomic mass is 16.5. The van der Waals surface area contributed by atoms with Crippen molar-refractivity contribution in [2.75, 3.05) is 23.5 Å². The first kappa shape index (κ1) is 21.4. The van der Waals surface area contributed by atoms with Crippen molar-refractivity contribution in [1.29, 1.82) is 0 Å². The number of nitrogens with zero attached hydrogens (tertiary/aromatic N) is 2. The summed E-state index contributed by atoms with van der Waals surface area (Å²) in [6.07, 6.45) is 0. The molecule has 162 valence electrons. The molecular formula is C27H26N2O3. The Hall–Kier alpha value is -3.86. The number of amides is 2. The zero-order chi connectivity index (χ0) is 22.7. The summed E-state index contributed by atoms with van der Waals surface area (Å²) in [4.78, 5) is 30.2. The van der Waals surface area contributed by atoms with Gasteiger partial charge in [-0.15, -0.1) is 0 Å². The molecule has 1 heterocycles. The van der Waals surface area contributed by atoms with Gasteiger partial charge < -0.3 is 9.64 Å². The highest BCUT2D eigenvalue weighted by molar-refractivity contribution is 6.46. The average molecular weight is 427 g/mol. The fraction of sp³-hybridized carbons (Fsp3) is 0.185. The Morgan fingerprint density at radius 3 is 2.00 bits per heavy atom. The molecule has 1 aliphatic heterocycles. The van der Waals surface area contributed by atoms with E-state index in [-0.39, 0.29) is 11.8 Å². The van der Waals surface area contributed by atoms with Crippen molar-refractivity contribution in [2.24, 2.45) is 5.92 Å². The van der Waals surface area contributed by atoms with Gasteiger partial charge in [0.25, 0.3) is 11.8 Å². The third-order valence-electron chi connectivity index (χ3n) is 5.28. The Bertz CT molecular complexity index is 1140. The van der Waals surface area contributed by atoms with Gasteiger partial charge in [0.2, 0.25) is 0 Å². The van der Waals surface area contributed by atoms with Crippen LogP contribution in [0.3, 0.4) is 0 Å². The summed E-state index contributed by atoms with van der Waals surface area (Å²) in [5, 5.41) is 0. The van der Waals surface area contributed by atoms with Gasteiger partial charge in [-0.05, 0) is 47.9 Å². The second kappa shape index (κ2) is 9.10. The van der Waals surface area contributed by atoms with Gasteiger partial charge in [-0.2, -0.15) is 0 Å². The van der Waals surface area contributed by atoms with Gasteiger partial charge in [0.05, 0.1) is 17.9 Å². The SMILES string of the molecule is CC(C)COc1ccc(N2C(=O)C(c3ccccc3)=C(N(C)c3ccccc3)C2=O)cc1. The Balaban J connectivity index is 1.73. The second-order valence-corrected chi connectivity index (χ2v) is 8.13. The monoisotopic (exact) mass is 426 g/mol. The van der Waals surface area contributed by atoms with E-state index in [9.17, 15) is 9.59 Å². The molecule has 0 unspecified atom stereocenters. The first-order chi connectivity index (χ1) is 15.5. The number of rotatable bonds is 7. The van der Waals surface area contributed by atoms with Crippen molar-refractivity contribution in [1.82, 2.24) is 0 Å². The largest absolute Gasteiger partial charge is 0.493 e. The molecule has 3 aromatic carbocycles. The molecule has 0 saturated carbocycles. The molecule has 3 aromatic rings. The quantitative estimate of drug-likeness (QED) is 0.491. The first-order valence-corrected chi connectivity index (χ1v) is 10.7. The normalized spacial score (nSPS) is 13.8. The van der Waals surface area contributed by atoms with Crippen LogP contribution < -0.4 is 14.5 Å². The molecule has 5 nitrogen and oxygen atoms in total. The van der Waals surface area contributed by atoms with Crippen LogP contribution in [0.4, 0.5) is 11.4 Å². The molecule has 0 bridgehead atoms. The van der Waals surface area contributed by atoms with E-state index in [0.29, 0.717) is 40.8 Å². The number of likely N-dealkylation sites (N-methyl/N-ethyl adjacent to an activating group) is 1. The Kier molecular flexibility index (Phi) is 6.08. The van der Waals surface area contributed by atoms with Crippen molar-refractivity contribution in [3.63, 3.8) is 0 Å². The summed E-state index contributed by atoms with van der Waals surface area (Å²) in [7, 11) is 1.81. The van der Waals surface area contributed by atoms with Crippen LogP contribution in [0.25, 0.3) is 5.57 Å². The van der Waals surface area contributed by atoms with Gasteiger partial charge in [0.1, 0.15) is 11.4 Å². The predicted molar refractivity (Wildman–Crippen MR) is 127 cm³/mol. The molecule has 4 rings (SSSR count). The van der Waals surface area contributed by atoms with Crippen molar-refractivity contribution in [3.8, 4) is 5.75 Å². The van der Waals surface area contributed by atoms with Crippen LogP contribution in [-0.4, -0.2) is 25.5 Å². The zero-order valence-corrected chi connectivity index (χ0v) is 18.5. The summed E-state index contributed by atoms with van der Waals surface area (Å²) in [6.45, 7) is 4.77.